The zero-order valence-corrected chi connectivity index (χ0v) is 12.1. The number of pyridine rings is 1. The van der Waals surface area contributed by atoms with Gasteiger partial charge in [0, 0.05) is 17.2 Å². The van der Waals surface area contributed by atoms with E-state index in [1.165, 1.54) is 0 Å². The molecule has 0 aliphatic rings. The molecule has 1 heterocycles. The van der Waals surface area contributed by atoms with Gasteiger partial charge in [0.2, 0.25) is 5.88 Å². The molecule has 94 valence electrons. The molecule has 0 saturated heterocycles. The van der Waals surface area contributed by atoms with E-state index in [0.717, 1.165) is 21.3 Å². The van der Waals surface area contributed by atoms with Crippen molar-refractivity contribution in [2.24, 2.45) is 5.73 Å². The Balaban J connectivity index is 2.31. The molecule has 2 N–H and O–H groups in total. The average Bonchev–Trinajstić information content (AvgIpc) is 2.36. The summed E-state index contributed by atoms with van der Waals surface area (Å²) in [7, 11) is 0. The van der Waals surface area contributed by atoms with Gasteiger partial charge in [-0.1, -0.05) is 33.6 Å². The Labute approximate surface area is 119 Å². The van der Waals surface area contributed by atoms with E-state index in [1.54, 1.807) is 12.3 Å². The second kappa shape index (κ2) is 5.69. The molecule has 2 rings (SSSR count). The van der Waals surface area contributed by atoms with Gasteiger partial charge < -0.3 is 10.5 Å². The fourth-order valence-electron chi connectivity index (χ4n) is 1.44. The average molecular weight is 328 g/mol. The summed E-state index contributed by atoms with van der Waals surface area (Å²) >= 11 is 9.50. The number of ether oxygens (including phenoxy) is 1. The quantitative estimate of drug-likeness (QED) is 0.925. The highest BCUT2D eigenvalue weighted by Crippen LogP contribution is 2.31. The van der Waals surface area contributed by atoms with E-state index in [0.29, 0.717) is 17.4 Å². The van der Waals surface area contributed by atoms with Crippen LogP contribution in [0.25, 0.3) is 0 Å². The maximum atomic E-state index is 6.10. The van der Waals surface area contributed by atoms with Crippen LogP contribution >= 0.6 is 27.5 Å². The lowest BCUT2D eigenvalue weighted by Gasteiger charge is -2.10. The van der Waals surface area contributed by atoms with E-state index in [2.05, 4.69) is 20.9 Å². The van der Waals surface area contributed by atoms with Crippen LogP contribution in [0.1, 0.15) is 11.1 Å². The third-order valence-electron chi connectivity index (χ3n) is 2.46. The number of halogens is 2. The molecule has 0 bridgehead atoms. The first-order chi connectivity index (χ1) is 8.60. The lowest BCUT2D eigenvalue weighted by Crippen LogP contribution is -1.98. The number of hydrogen-bond donors (Lipinski definition) is 1. The number of nitrogens with zero attached hydrogens (tertiary/aromatic N) is 1. The molecule has 18 heavy (non-hydrogen) atoms. The van der Waals surface area contributed by atoms with Gasteiger partial charge in [-0.3, -0.25) is 0 Å². The molecule has 5 heteroatoms. The van der Waals surface area contributed by atoms with Gasteiger partial charge in [-0.15, -0.1) is 0 Å². The molecule has 0 atom stereocenters. The van der Waals surface area contributed by atoms with Crippen LogP contribution in [0, 0.1) is 6.92 Å². The summed E-state index contributed by atoms with van der Waals surface area (Å²) in [6, 6.07) is 7.55. The summed E-state index contributed by atoms with van der Waals surface area (Å²) < 4.78 is 6.65. The lowest BCUT2D eigenvalue weighted by atomic mass is 10.2. The van der Waals surface area contributed by atoms with Gasteiger partial charge in [-0.25, -0.2) is 4.98 Å². The van der Waals surface area contributed by atoms with Gasteiger partial charge in [0.1, 0.15) is 10.8 Å². The smallest absolute Gasteiger partial charge is 0.238 e. The van der Waals surface area contributed by atoms with Crippen LogP contribution in [-0.4, -0.2) is 4.98 Å². The number of hydrogen-bond acceptors (Lipinski definition) is 3. The first-order valence-electron chi connectivity index (χ1n) is 5.38. The van der Waals surface area contributed by atoms with Gasteiger partial charge in [-0.2, -0.15) is 0 Å². The number of rotatable bonds is 3. The number of aryl methyl sites for hydroxylation is 1. The Morgan fingerprint density at radius 3 is 2.83 bits per heavy atom. The molecule has 0 saturated carbocycles. The van der Waals surface area contributed by atoms with E-state index in [-0.39, 0.29) is 0 Å². The molecular formula is C13H12BrClN2O. The first-order valence-corrected chi connectivity index (χ1v) is 6.55. The van der Waals surface area contributed by atoms with E-state index >= 15 is 0 Å². The standard InChI is InChI=1S/C13H12BrClN2O/c1-8-2-3-10(14)5-12(8)18-13-11(15)4-9(6-16)7-17-13/h2-5,7H,6,16H2,1H3. The fourth-order valence-corrected chi connectivity index (χ4v) is 2.01. The Hall–Kier alpha value is -1.10. The third kappa shape index (κ3) is 3.02. The maximum Gasteiger partial charge on any atom is 0.238 e. The molecule has 0 unspecified atom stereocenters. The highest BCUT2D eigenvalue weighted by Gasteiger charge is 2.08. The Bertz CT molecular complexity index is 575. The third-order valence-corrected chi connectivity index (χ3v) is 3.22. The summed E-state index contributed by atoms with van der Waals surface area (Å²) in [6.07, 6.45) is 1.66. The normalized spacial score (nSPS) is 10.4. The first kappa shape index (κ1) is 13.3. The van der Waals surface area contributed by atoms with Crippen LogP contribution in [0.15, 0.2) is 34.9 Å². The van der Waals surface area contributed by atoms with Crippen LogP contribution in [0.4, 0.5) is 0 Å². The molecule has 0 fully saturated rings. The zero-order valence-electron chi connectivity index (χ0n) is 9.78. The largest absolute Gasteiger partial charge is 0.437 e. The highest BCUT2D eigenvalue weighted by molar-refractivity contribution is 9.10. The second-order valence-corrected chi connectivity index (χ2v) is 5.17. The van der Waals surface area contributed by atoms with Crippen molar-refractivity contribution in [1.82, 2.24) is 4.98 Å². The minimum Gasteiger partial charge on any atom is -0.437 e. The van der Waals surface area contributed by atoms with Crippen molar-refractivity contribution >= 4 is 27.5 Å². The van der Waals surface area contributed by atoms with Gasteiger partial charge in [0.25, 0.3) is 0 Å². The predicted molar refractivity (Wildman–Crippen MR) is 76.1 cm³/mol. The number of benzene rings is 1. The van der Waals surface area contributed by atoms with Crippen LogP contribution in [-0.2, 0) is 6.54 Å². The van der Waals surface area contributed by atoms with Crippen molar-refractivity contribution in [1.29, 1.82) is 0 Å². The molecule has 0 aliphatic carbocycles. The minimum absolute atomic E-state index is 0.384. The van der Waals surface area contributed by atoms with E-state index in [1.807, 2.05) is 25.1 Å². The molecule has 0 aliphatic heterocycles. The van der Waals surface area contributed by atoms with E-state index in [9.17, 15) is 0 Å². The van der Waals surface area contributed by atoms with Gasteiger partial charge in [-0.05, 0) is 36.2 Å². The predicted octanol–water partition coefficient (Wildman–Crippen LogP) is 4.06. The SMILES string of the molecule is Cc1ccc(Br)cc1Oc1ncc(CN)cc1Cl. The van der Waals surface area contributed by atoms with E-state index in [4.69, 9.17) is 22.1 Å². The van der Waals surface area contributed by atoms with Gasteiger partial charge in [0.05, 0.1) is 0 Å². The Morgan fingerprint density at radius 1 is 1.39 bits per heavy atom. The van der Waals surface area contributed by atoms with Crippen molar-refractivity contribution in [2.45, 2.75) is 13.5 Å². The van der Waals surface area contributed by atoms with Gasteiger partial charge in [0.15, 0.2) is 0 Å². The summed E-state index contributed by atoms with van der Waals surface area (Å²) in [5.74, 6) is 1.11. The van der Waals surface area contributed by atoms with Gasteiger partial charge >= 0.3 is 0 Å². The monoisotopic (exact) mass is 326 g/mol. The molecule has 1 aromatic heterocycles. The van der Waals surface area contributed by atoms with Crippen LogP contribution in [0.3, 0.4) is 0 Å². The Morgan fingerprint density at radius 2 is 2.17 bits per heavy atom. The van der Waals surface area contributed by atoms with Crippen LogP contribution in [0.2, 0.25) is 5.02 Å². The minimum atomic E-state index is 0.384. The molecule has 2 aromatic rings. The van der Waals surface area contributed by atoms with Crippen LogP contribution in [0.5, 0.6) is 11.6 Å². The summed E-state index contributed by atoms with van der Waals surface area (Å²) in [5, 5.41) is 0.456. The Kier molecular flexibility index (Phi) is 4.22. The molecule has 0 spiro atoms. The van der Waals surface area contributed by atoms with Crippen molar-refractivity contribution in [3.05, 3.63) is 51.1 Å². The highest BCUT2D eigenvalue weighted by atomic mass is 79.9. The molecule has 0 radical (unpaired) electrons. The van der Waals surface area contributed by atoms with Crippen molar-refractivity contribution < 1.29 is 4.74 Å². The maximum absolute atomic E-state index is 6.10. The number of nitrogens with two attached hydrogens (primary N) is 1. The zero-order chi connectivity index (χ0) is 13.1. The summed E-state index contributed by atoms with van der Waals surface area (Å²) in [6.45, 7) is 2.37. The molecule has 3 nitrogen and oxygen atoms in total. The molecular weight excluding hydrogens is 316 g/mol. The summed E-state index contributed by atoms with van der Waals surface area (Å²) in [5.41, 5.74) is 7.41. The number of aromatic nitrogens is 1. The molecule has 1 aromatic carbocycles. The fraction of sp³-hybridized carbons (Fsp3) is 0.154. The van der Waals surface area contributed by atoms with E-state index < -0.39 is 0 Å². The lowest BCUT2D eigenvalue weighted by molar-refractivity contribution is 0.459. The second-order valence-electron chi connectivity index (χ2n) is 3.85. The van der Waals surface area contributed by atoms with Crippen molar-refractivity contribution in [2.75, 3.05) is 0 Å². The molecule has 0 amide bonds. The van der Waals surface area contributed by atoms with Crippen molar-refractivity contribution in [3.8, 4) is 11.6 Å². The van der Waals surface area contributed by atoms with Crippen molar-refractivity contribution in [3.63, 3.8) is 0 Å². The van der Waals surface area contributed by atoms with Crippen LogP contribution < -0.4 is 10.5 Å². The summed E-state index contributed by atoms with van der Waals surface area (Å²) in [4.78, 5) is 4.17. The topological polar surface area (TPSA) is 48.1 Å².